The van der Waals surface area contributed by atoms with Crippen molar-refractivity contribution in [2.24, 2.45) is 5.92 Å². The number of aryl methyl sites for hydroxylation is 1. The number of likely N-dealkylation sites (tertiary alicyclic amines) is 1. The largest absolute Gasteiger partial charge is 0.383 e. The fourth-order valence-electron chi connectivity index (χ4n) is 2.94. The van der Waals surface area contributed by atoms with E-state index in [1.807, 2.05) is 6.92 Å². The van der Waals surface area contributed by atoms with E-state index in [4.69, 9.17) is 16.3 Å². The van der Waals surface area contributed by atoms with E-state index >= 15 is 0 Å². The Hall–Kier alpha value is -1.37. The Balaban J connectivity index is 1.86. The Bertz CT molecular complexity index is 522. The van der Waals surface area contributed by atoms with Crippen LogP contribution in [0.25, 0.3) is 0 Å². The number of ether oxygens (including phenoxy) is 1. The van der Waals surface area contributed by atoms with Crippen LogP contribution in [-0.4, -0.2) is 49.7 Å². The number of hydrogen-bond acceptors (Lipinski definition) is 5. The topological polar surface area (TPSA) is 67.6 Å². The lowest BCUT2D eigenvalue weighted by atomic mass is 9.96. The molecule has 1 saturated heterocycles. The van der Waals surface area contributed by atoms with E-state index in [-0.39, 0.29) is 5.69 Å². The van der Waals surface area contributed by atoms with Gasteiger partial charge in [-0.15, -0.1) is 0 Å². The van der Waals surface area contributed by atoms with Crippen LogP contribution in [-0.2, 0) is 4.74 Å². The predicted octanol–water partition coefficient (Wildman–Crippen LogP) is 3.33. The van der Waals surface area contributed by atoms with Crippen molar-refractivity contribution in [2.45, 2.75) is 19.8 Å². The van der Waals surface area contributed by atoms with Crippen molar-refractivity contribution in [3.05, 3.63) is 32.8 Å². The number of methoxy groups -OCH3 is 1. The third kappa shape index (κ3) is 5.06. The molecule has 1 aliphatic heterocycles. The van der Waals surface area contributed by atoms with Crippen molar-refractivity contribution in [1.29, 1.82) is 0 Å². The molecule has 0 amide bonds. The third-order valence-corrected chi connectivity index (χ3v) is 4.67. The highest BCUT2D eigenvalue weighted by Crippen LogP contribution is 2.31. The van der Waals surface area contributed by atoms with Crippen LogP contribution in [0, 0.1) is 23.0 Å². The lowest BCUT2D eigenvalue weighted by Gasteiger charge is -2.32. The predicted molar refractivity (Wildman–Crippen MR) is 92.4 cm³/mol. The highest BCUT2D eigenvalue weighted by atomic mass is 35.5. The van der Waals surface area contributed by atoms with E-state index in [0.717, 1.165) is 56.9 Å². The fraction of sp³-hybridized carbons (Fsp3) is 0.625. The normalized spacial score (nSPS) is 16.5. The number of hydrogen-bond donors (Lipinski definition) is 1. The molecular weight excluding hydrogens is 318 g/mol. The van der Waals surface area contributed by atoms with Crippen molar-refractivity contribution in [2.75, 3.05) is 45.2 Å². The van der Waals surface area contributed by atoms with E-state index in [1.165, 1.54) is 6.07 Å². The SMILES string of the molecule is COCCN1CCC(CNc2c(C)cc([N+](=O)[O-])cc2Cl)CC1. The molecule has 7 heteroatoms. The molecule has 128 valence electrons. The number of nitrogens with zero attached hydrogens (tertiary/aromatic N) is 2. The summed E-state index contributed by atoms with van der Waals surface area (Å²) in [6, 6.07) is 2.96. The zero-order chi connectivity index (χ0) is 16.8. The van der Waals surface area contributed by atoms with Gasteiger partial charge in [0.1, 0.15) is 0 Å². The van der Waals surface area contributed by atoms with Crippen LogP contribution in [0.1, 0.15) is 18.4 Å². The van der Waals surface area contributed by atoms with Crippen molar-refractivity contribution >= 4 is 23.0 Å². The number of nitro groups is 1. The summed E-state index contributed by atoms with van der Waals surface area (Å²) in [6.07, 6.45) is 2.28. The van der Waals surface area contributed by atoms with Crippen LogP contribution in [0.4, 0.5) is 11.4 Å². The third-order valence-electron chi connectivity index (χ3n) is 4.37. The molecule has 1 aromatic carbocycles. The number of non-ortho nitro benzene ring substituents is 1. The molecule has 0 aliphatic carbocycles. The number of benzene rings is 1. The molecule has 1 fully saturated rings. The number of piperidine rings is 1. The maximum absolute atomic E-state index is 10.8. The molecule has 2 rings (SSSR count). The smallest absolute Gasteiger partial charge is 0.271 e. The van der Waals surface area contributed by atoms with Gasteiger partial charge in [-0.1, -0.05) is 11.6 Å². The standard InChI is InChI=1S/C16H24ClN3O3/c1-12-9-14(20(21)22)10-15(17)16(12)18-11-13-3-5-19(6-4-13)7-8-23-2/h9-10,13,18H,3-8,11H2,1-2H3. The molecule has 6 nitrogen and oxygen atoms in total. The first kappa shape index (κ1) is 18.0. The molecule has 23 heavy (non-hydrogen) atoms. The Morgan fingerprint density at radius 2 is 2.13 bits per heavy atom. The molecule has 1 aromatic rings. The minimum absolute atomic E-state index is 0.0319. The lowest BCUT2D eigenvalue weighted by molar-refractivity contribution is -0.384. The summed E-state index contributed by atoms with van der Waals surface area (Å²) in [6.45, 7) is 6.63. The molecule has 0 unspecified atom stereocenters. The number of nitro benzene ring substituents is 1. The number of rotatable bonds is 7. The summed E-state index contributed by atoms with van der Waals surface area (Å²) in [7, 11) is 1.73. The van der Waals surface area contributed by atoms with Gasteiger partial charge in [0.15, 0.2) is 0 Å². The van der Waals surface area contributed by atoms with Crippen molar-refractivity contribution in [3.8, 4) is 0 Å². The molecular formula is C16H24ClN3O3. The second-order valence-corrected chi connectivity index (χ2v) is 6.44. The summed E-state index contributed by atoms with van der Waals surface area (Å²) in [5.74, 6) is 0.597. The van der Waals surface area contributed by atoms with Gasteiger partial charge in [-0.2, -0.15) is 0 Å². The first-order valence-electron chi connectivity index (χ1n) is 7.91. The second-order valence-electron chi connectivity index (χ2n) is 6.04. The minimum atomic E-state index is -0.418. The van der Waals surface area contributed by atoms with Gasteiger partial charge in [-0.25, -0.2) is 0 Å². The summed E-state index contributed by atoms with van der Waals surface area (Å²) in [5, 5.41) is 14.6. The quantitative estimate of drug-likeness (QED) is 0.608. The Labute approximate surface area is 141 Å². The van der Waals surface area contributed by atoms with Gasteiger partial charge in [0, 0.05) is 32.3 Å². The minimum Gasteiger partial charge on any atom is -0.383 e. The number of halogens is 1. The van der Waals surface area contributed by atoms with Crippen LogP contribution >= 0.6 is 11.6 Å². The van der Waals surface area contributed by atoms with Gasteiger partial charge >= 0.3 is 0 Å². The second kappa shape index (κ2) is 8.47. The molecule has 0 spiro atoms. The van der Waals surface area contributed by atoms with Crippen LogP contribution in [0.5, 0.6) is 0 Å². The molecule has 1 heterocycles. The molecule has 0 atom stereocenters. The molecule has 1 aliphatic rings. The van der Waals surface area contributed by atoms with Gasteiger partial charge in [-0.05, 0) is 44.3 Å². The van der Waals surface area contributed by atoms with E-state index in [1.54, 1.807) is 13.2 Å². The molecule has 0 radical (unpaired) electrons. The molecule has 0 bridgehead atoms. The highest BCUT2D eigenvalue weighted by molar-refractivity contribution is 6.33. The maximum atomic E-state index is 10.8. The summed E-state index contributed by atoms with van der Waals surface area (Å²) < 4.78 is 5.11. The Morgan fingerprint density at radius 1 is 1.43 bits per heavy atom. The van der Waals surface area contributed by atoms with Gasteiger partial charge < -0.3 is 15.0 Å². The van der Waals surface area contributed by atoms with E-state index in [9.17, 15) is 10.1 Å². The first-order valence-corrected chi connectivity index (χ1v) is 8.28. The maximum Gasteiger partial charge on any atom is 0.271 e. The fourth-order valence-corrected chi connectivity index (χ4v) is 3.26. The van der Waals surface area contributed by atoms with E-state index in [0.29, 0.717) is 10.9 Å². The monoisotopic (exact) mass is 341 g/mol. The zero-order valence-electron chi connectivity index (χ0n) is 13.7. The van der Waals surface area contributed by atoms with Gasteiger partial charge in [-0.3, -0.25) is 10.1 Å². The average Bonchev–Trinajstić information content (AvgIpc) is 2.53. The number of nitrogens with one attached hydrogen (secondary N) is 1. The van der Waals surface area contributed by atoms with Gasteiger partial charge in [0.2, 0.25) is 0 Å². The van der Waals surface area contributed by atoms with Crippen LogP contribution in [0.2, 0.25) is 5.02 Å². The van der Waals surface area contributed by atoms with Crippen molar-refractivity contribution < 1.29 is 9.66 Å². The summed E-state index contributed by atoms with van der Waals surface area (Å²) in [4.78, 5) is 12.8. The van der Waals surface area contributed by atoms with Crippen molar-refractivity contribution in [3.63, 3.8) is 0 Å². The van der Waals surface area contributed by atoms with Gasteiger partial charge in [0.25, 0.3) is 5.69 Å². The average molecular weight is 342 g/mol. The molecule has 0 saturated carbocycles. The highest BCUT2D eigenvalue weighted by Gasteiger charge is 2.20. The molecule has 0 aromatic heterocycles. The first-order chi connectivity index (χ1) is 11.0. The van der Waals surface area contributed by atoms with E-state index < -0.39 is 4.92 Å². The van der Waals surface area contributed by atoms with Crippen molar-refractivity contribution in [1.82, 2.24) is 4.90 Å². The summed E-state index contributed by atoms with van der Waals surface area (Å²) in [5.41, 5.74) is 1.64. The summed E-state index contributed by atoms with van der Waals surface area (Å²) >= 11 is 6.19. The van der Waals surface area contributed by atoms with E-state index in [2.05, 4.69) is 10.2 Å². The Morgan fingerprint density at radius 3 is 2.70 bits per heavy atom. The van der Waals surface area contributed by atoms with Gasteiger partial charge in [0.05, 0.1) is 22.2 Å². The zero-order valence-corrected chi connectivity index (χ0v) is 14.4. The van der Waals surface area contributed by atoms with Crippen LogP contribution in [0.3, 0.4) is 0 Å². The van der Waals surface area contributed by atoms with Crippen LogP contribution < -0.4 is 5.32 Å². The van der Waals surface area contributed by atoms with Crippen LogP contribution in [0.15, 0.2) is 12.1 Å². The number of anilines is 1. The lowest BCUT2D eigenvalue weighted by Crippen LogP contribution is -2.37. The Kier molecular flexibility index (Phi) is 6.62. The molecule has 1 N–H and O–H groups in total.